The molecule has 21 heavy (non-hydrogen) atoms. The third kappa shape index (κ3) is 4.46. The zero-order chi connectivity index (χ0) is 15.2. The number of amides is 1. The summed E-state index contributed by atoms with van der Waals surface area (Å²) in [6, 6.07) is 7.91. The number of carbonyl (C=O) groups is 1. The summed E-state index contributed by atoms with van der Waals surface area (Å²) in [7, 11) is 0. The van der Waals surface area contributed by atoms with Gasteiger partial charge in [-0.15, -0.1) is 0 Å². The second kappa shape index (κ2) is 7.46. The van der Waals surface area contributed by atoms with Crippen LogP contribution in [0.25, 0.3) is 0 Å². The number of hydrogen-bond acceptors (Lipinski definition) is 3. The molecular formula is C17H25NO3. The summed E-state index contributed by atoms with van der Waals surface area (Å²) < 4.78 is 5.47. The summed E-state index contributed by atoms with van der Waals surface area (Å²) in [4.78, 5) is 14.4. The first-order chi connectivity index (χ1) is 10.1. The van der Waals surface area contributed by atoms with E-state index in [1.807, 2.05) is 36.1 Å². The molecule has 1 aliphatic heterocycles. The standard InChI is InChI=1S/C17H25NO3/c1-3-21-16-8-4-6-14(11-16)12-17(20)18-9-5-7-15(18)10-13(2)19/h4,6,8,11,13,15,19H,3,5,7,9-10,12H2,1-2H3. The largest absolute Gasteiger partial charge is 0.494 e. The smallest absolute Gasteiger partial charge is 0.227 e. The molecule has 1 aromatic rings. The summed E-state index contributed by atoms with van der Waals surface area (Å²) in [5, 5.41) is 9.54. The molecule has 0 bridgehead atoms. The summed E-state index contributed by atoms with van der Waals surface area (Å²) in [5.41, 5.74) is 0.980. The first-order valence-corrected chi connectivity index (χ1v) is 7.79. The maximum Gasteiger partial charge on any atom is 0.227 e. The Morgan fingerprint density at radius 2 is 2.33 bits per heavy atom. The average molecular weight is 291 g/mol. The Bertz CT molecular complexity index is 473. The minimum absolute atomic E-state index is 0.145. The van der Waals surface area contributed by atoms with Crippen LogP contribution in [0.2, 0.25) is 0 Å². The SMILES string of the molecule is CCOc1cccc(CC(=O)N2CCCC2CC(C)O)c1. The summed E-state index contributed by atoms with van der Waals surface area (Å²) in [5.74, 6) is 0.955. The monoisotopic (exact) mass is 291 g/mol. The van der Waals surface area contributed by atoms with E-state index in [1.165, 1.54) is 0 Å². The normalized spacial score (nSPS) is 19.6. The molecule has 2 rings (SSSR count). The van der Waals surface area contributed by atoms with Crippen molar-refractivity contribution < 1.29 is 14.6 Å². The van der Waals surface area contributed by atoms with E-state index in [0.29, 0.717) is 19.4 Å². The Hall–Kier alpha value is -1.55. The van der Waals surface area contributed by atoms with E-state index in [0.717, 1.165) is 30.7 Å². The van der Waals surface area contributed by atoms with Crippen molar-refractivity contribution in [1.29, 1.82) is 0 Å². The van der Waals surface area contributed by atoms with Crippen molar-refractivity contribution in [3.05, 3.63) is 29.8 Å². The van der Waals surface area contributed by atoms with Crippen molar-refractivity contribution in [2.24, 2.45) is 0 Å². The fourth-order valence-corrected chi connectivity index (χ4v) is 2.99. The lowest BCUT2D eigenvalue weighted by molar-refractivity contribution is -0.131. The van der Waals surface area contributed by atoms with Gasteiger partial charge >= 0.3 is 0 Å². The van der Waals surface area contributed by atoms with Gasteiger partial charge in [0.2, 0.25) is 5.91 Å². The summed E-state index contributed by atoms with van der Waals surface area (Å²) >= 11 is 0. The zero-order valence-electron chi connectivity index (χ0n) is 12.9. The Kier molecular flexibility index (Phi) is 5.62. The van der Waals surface area contributed by atoms with Gasteiger partial charge in [0.15, 0.2) is 0 Å². The molecular weight excluding hydrogens is 266 g/mol. The molecule has 2 unspecified atom stereocenters. The number of rotatable bonds is 6. The van der Waals surface area contributed by atoms with E-state index < -0.39 is 0 Å². The molecule has 116 valence electrons. The van der Waals surface area contributed by atoms with Crippen molar-refractivity contribution in [2.45, 2.75) is 51.7 Å². The number of ether oxygens (including phenoxy) is 1. The lowest BCUT2D eigenvalue weighted by Crippen LogP contribution is -2.38. The second-order valence-corrected chi connectivity index (χ2v) is 5.73. The minimum atomic E-state index is -0.357. The number of likely N-dealkylation sites (tertiary alicyclic amines) is 1. The number of nitrogens with zero attached hydrogens (tertiary/aromatic N) is 1. The average Bonchev–Trinajstić information content (AvgIpc) is 2.87. The van der Waals surface area contributed by atoms with Crippen molar-refractivity contribution in [2.75, 3.05) is 13.2 Å². The van der Waals surface area contributed by atoms with E-state index in [2.05, 4.69) is 0 Å². The van der Waals surface area contributed by atoms with Crippen LogP contribution in [0, 0.1) is 0 Å². The van der Waals surface area contributed by atoms with Gasteiger partial charge in [-0.2, -0.15) is 0 Å². The van der Waals surface area contributed by atoms with Gasteiger partial charge in [0.1, 0.15) is 5.75 Å². The second-order valence-electron chi connectivity index (χ2n) is 5.73. The molecule has 1 N–H and O–H groups in total. The molecule has 1 saturated heterocycles. The van der Waals surface area contributed by atoms with Crippen LogP contribution in [-0.4, -0.2) is 41.2 Å². The van der Waals surface area contributed by atoms with Gasteiger partial charge in [0.05, 0.1) is 19.1 Å². The lowest BCUT2D eigenvalue weighted by Gasteiger charge is -2.26. The van der Waals surface area contributed by atoms with Crippen LogP contribution < -0.4 is 4.74 Å². The molecule has 0 saturated carbocycles. The van der Waals surface area contributed by atoms with E-state index in [1.54, 1.807) is 6.92 Å². The Morgan fingerprint density at radius 1 is 1.52 bits per heavy atom. The van der Waals surface area contributed by atoms with Gasteiger partial charge in [0, 0.05) is 12.6 Å². The van der Waals surface area contributed by atoms with Gasteiger partial charge in [-0.1, -0.05) is 12.1 Å². The lowest BCUT2D eigenvalue weighted by atomic mass is 10.1. The molecule has 1 aliphatic rings. The Balaban J connectivity index is 1.98. The van der Waals surface area contributed by atoms with Crippen LogP contribution in [0.15, 0.2) is 24.3 Å². The number of aliphatic hydroxyl groups excluding tert-OH is 1. The van der Waals surface area contributed by atoms with Crippen LogP contribution in [0.3, 0.4) is 0 Å². The van der Waals surface area contributed by atoms with E-state index >= 15 is 0 Å². The fraction of sp³-hybridized carbons (Fsp3) is 0.588. The van der Waals surface area contributed by atoms with Crippen LogP contribution in [0.5, 0.6) is 5.75 Å². The molecule has 2 atom stereocenters. The molecule has 1 heterocycles. The zero-order valence-corrected chi connectivity index (χ0v) is 12.9. The van der Waals surface area contributed by atoms with Crippen molar-refractivity contribution in [3.63, 3.8) is 0 Å². The van der Waals surface area contributed by atoms with Crippen LogP contribution in [-0.2, 0) is 11.2 Å². The highest BCUT2D eigenvalue weighted by Crippen LogP contribution is 2.23. The summed E-state index contributed by atoms with van der Waals surface area (Å²) in [6.07, 6.45) is 2.74. The highest BCUT2D eigenvalue weighted by Gasteiger charge is 2.29. The maximum atomic E-state index is 12.5. The highest BCUT2D eigenvalue weighted by atomic mass is 16.5. The molecule has 4 heteroatoms. The molecule has 4 nitrogen and oxygen atoms in total. The van der Waals surface area contributed by atoms with Gasteiger partial charge in [-0.05, 0) is 50.8 Å². The first kappa shape index (κ1) is 15.8. The van der Waals surface area contributed by atoms with Crippen molar-refractivity contribution >= 4 is 5.91 Å². The van der Waals surface area contributed by atoms with E-state index in [9.17, 15) is 9.90 Å². The maximum absolute atomic E-state index is 12.5. The van der Waals surface area contributed by atoms with Gasteiger partial charge in [0.25, 0.3) is 0 Å². The fourth-order valence-electron chi connectivity index (χ4n) is 2.99. The highest BCUT2D eigenvalue weighted by molar-refractivity contribution is 5.79. The quantitative estimate of drug-likeness (QED) is 0.875. The topological polar surface area (TPSA) is 49.8 Å². The Morgan fingerprint density at radius 3 is 3.05 bits per heavy atom. The number of aliphatic hydroxyl groups is 1. The Labute approximate surface area is 126 Å². The number of hydrogen-bond donors (Lipinski definition) is 1. The minimum Gasteiger partial charge on any atom is -0.494 e. The molecule has 1 amide bonds. The molecule has 0 spiro atoms. The third-order valence-corrected chi connectivity index (χ3v) is 3.88. The predicted octanol–water partition coefficient (Wildman–Crippen LogP) is 2.39. The first-order valence-electron chi connectivity index (χ1n) is 7.79. The van der Waals surface area contributed by atoms with Crippen molar-refractivity contribution in [1.82, 2.24) is 4.90 Å². The number of benzene rings is 1. The van der Waals surface area contributed by atoms with E-state index in [-0.39, 0.29) is 18.1 Å². The van der Waals surface area contributed by atoms with Gasteiger partial charge < -0.3 is 14.7 Å². The van der Waals surface area contributed by atoms with E-state index in [4.69, 9.17) is 4.74 Å². The molecule has 1 fully saturated rings. The van der Waals surface area contributed by atoms with Crippen molar-refractivity contribution in [3.8, 4) is 5.75 Å². The number of carbonyl (C=O) groups excluding carboxylic acids is 1. The van der Waals surface area contributed by atoms with Crippen LogP contribution in [0.4, 0.5) is 0 Å². The van der Waals surface area contributed by atoms with Crippen LogP contribution in [0.1, 0.15) is 38.7 Å². The third-order valence-electron chi connectivity index (χ3n) is 3.88. The molecule has 0 radical (unpaired) electrons. The molecule has 1 aromatic carbocycles. The summed E-state index contributed by atoms with van der Waals surface area (Å²) in [6.45, 7) is 5.16. The molecule has 0 aliphatic carbocycles. The van der Waals surface area contributed by atoms with Crippen LogP contribution >= 0.6 is 0 Å². The predicted molar refractivity (Wildman–Crippen MR) is 82.3 cm³/mol. The van der Waals surface area contributed by atoms with Gasteiger partial charge in [-0.25, -0.2) is 0 Å². The van der Waals surface area contributed by atoms with Gasteiger partial charge in [-0.3, -0.25) is 4.79 Å². The molecule has 0 aromatic heterocycles.